The molecule has 3 aromatic heterocycles. The molecule has 132 valence electrons. The Balaban J connectivity index is 1.34. The first-order valence-electron chi connectivity index (χ1n) is 8.56. The molecular formula is C20H19N3OS2. The number of aromatic nitrogens is 2. The molecule has 1 N–H and O–H groups in total. The van der Waals surface area contributed by atoms with Crippen molar-refractivity contribution in [2.45, 2.75) is 19.9 Å². The molecular weight excluding hydrogens is 362 g/mol. The van der Waals surface area contributed by atoms with Crippen LogP contribution in [0.2, 0.25) is 0 Å². The molecule has 26 heavy (non-hydrogen) atoms. The predicted octanol–water partition coefficient (Wildman–Crippen LogP) is 4.95. The van der Waals surface area contributed by atoms with E-state index in [-0.39, 0.29) is 5.91 Å². The van der Waals surface area contributed by atoms with E-state index >= 15 is 0 Å². The third-order valence-electron chi connectivity index (χ3n) is 4.28. The number of carbonyl (C=O) groups is 1. The van der Waals surface area contributed by atoms with Crippen LogP contribution >= 0.6 is 22.7 Å². The van der Waals surface area contributed by atoms with Crippen LogP contribution in [0.5, 0.6) is 0 Å². The van der Waals surface area contributed by atoms with E-state index in [1.807, 2.05) is 24.4 Å². The number of thiophene rings is 1. The molecule has 1 amide bonds. The lowest BCUT2D eigenvalue weighted by Gasteiger charge is -2.07. The second-order valence-corrected chi connectivity index (χ2v) is 8.04. The Bertz CT molecular complexity index is 1030. The maximum absolute atomic E-state index is 12.5. The second-order valence-electron chi connectivity index (χ2n) is 6.09. The number of hydrogen-bond acceptors (Lipinski definition) is 4. The number of nitrogens with one attached hydrogen (secondary N) is 1. The molecule has 3 heterocycles. The van der Waals surface area contributed by atoms with Crippen LogP contribution in [0, 0.1) is 6.92 Å². The van der Waals surface area contributed by atoms with Crippen LogP contribution in [0.1, 0.15) is 21.8 Å². The Kier molecular flexibility index (Phi) is 4.86. The van der Waals surface area contributed by atoms with Gasteiger partial charge in [-0.1, -0.05) is 24.3 Å². The highest BCUT2D eigenvalue weighted by molar-refractivity contribution is 7.22. The zero-order valence-corrected chi connectivity index (χ0v) is 16.1. The summed E-state index contributed by atoms with van der Waals surface area (Å²) in [6, 6.07) is 14.5. The molecule has 0 radical (unpaired) electrons. The summed E-state index contributed by atoms with van der Waals surface area (Å²) in [7, 11) is 0. The average molecular weight is 382 g/mol. The lowest BCUT2D eigenvalue weighted by atomic mass is 10.2. The van der Waals surface area contributed by atoms with Gasteiger partial charge in [0.15, 0.2) is 0 Å². The van der Waals surface area contributed by atoms with Gasteiger partial charge in [-0.25, -0.2) is 4.98 Å². The molecule has 0 saturated heterocycles. The van der Waals surface area contributed by atoms with E-state index in [2.05, 4.69) is 51.4 Å². The fourth-order valence-electron chi connectivity index (χ4n) is 2.98. The fraction of sp³-hybridized carbons (Fsp3) is 0.200. The van der Waals surface area contributed by atoms with Crippen LogP contribution in [-0.4, -0.2) is 22.0 Å². The lowest BCUT2D eigenvalue weighted by Crippen LogP contribution is -2.25. The Morgan fingerprint density at radius 3 is 2.92 bits per heavy atom. The highest BCUT2D eigenvalue weighted by Crippen LogP contribution is 2.30. The van der Waals surface area contributed by atoms with Gasteiger partial charge in [0.1, 0.15) is 9.88 Å². The maximum Gasteiger partial charge on any atom is 0.263 e. The largest absolute Gasteiger partial charge is 0.351 e. The van der Waals surface area contributed by atoms with Crippen LogP contribution in [-0.2, 0) is 6.54 Å². The highest BCUT2D eigenvalue weighted by atomic mass is 32.1. The number of aryl methyl sites for hydroxylation is 2. The van der Waals surface area contributed by atoms with E-state index in [1.54, 1.807) is 11.3 Å². The molecule has 0 spiro atoms. The Hall–Kier alpha value is -2.44. The summed E-state index contributed by atoms with van der Waals surface area (Å²) < 4.78 is 2.23. The summed E-state index contributed by atoms with van der Waals surface area (Å²) in [5.74, 6) is -0.0276. The molecule has 4 rings (SSSR count). The van der Waals surface area contributed by atoms with Gasteiger partial charge in [0.2, 0.25) is 0 Å². The third kappa shape index (κ3) is 3.43. The average Bonchev–Trinajstić information content (AvgIpc) is 3.38. The zero-order valence-electron chi connectivity index (χ0n) is 14.4. The first-order chi connectivity index (χ1) is 12.7. The van der Waals surface area contributed by atoms with E-state index in [0.29, 0.717) is 11.4 Å². The number of benzene rings is 1. The standard InChI is InChI=1S/C20H19N3OS2/c1-14-18(26-20(22-14)17-8-4-13-25-17)19(24)21-10-5-11-23-12-9-15-6-2-3-7-16(15)23/h2-4,6-9,12-13H,5,10-11H2,1H3,(H,21,24). The first-order valence-corrected chi connectivity index (χ1v) is 10.3. The SMILES string of the molecule is Cc1nc(-c2cccs2)sc1C(=O)NCCCn1ccc2ccccc21. The molecule has 6 heteroatoms. The van der Waals surface area contributed by atoms with Crippen molar-refractivity contribution < 1.29 is 4.79 Å². The Morgan fingerprint density at radius 2 is 2.08 bits per heavy atom. The van der Waals surface area contributed by atoms with E-state index in [9.17, 15) is 4.79 Å². The van der Waals surface area contributed by atoms with Crippen LogP contribution in [0.15, 0.2) is 54.0 Å². The van der Waals surface area contributed by atoms with Crippen molar-refractivity contribution >= 4 is 39.5 Å². The predicted molar refractivity (Wildman–Crippen MR) is 109 cm³/mol. The van der Waals surface area contributed by atoms with E-state index < -0.39 is 0 Å². The minimum atomic E-state index is -0.0276. The number of hydrogen-bond donors (Lipinski definition) is 1. The monoisotopic (exact) mass is 381 g/mol. The molecule has 4 aromatic rings. The minimum absolute atomic E-state index is 0.0276. The molecule has 0 atom stereocenters. The van der Waals surface area contributed by atoms with Crippen LogP contribution < -0.4 is 5.32 Å². The van der Waals surface area contributed by atoms with Gasteiger partial charge >= 0.3 is 0 Å². The molecule has 0 unspecified atom stereocenters. The molecule has 0 saturated carbocycles. The number of amides is 1. The van der Waals surface area contributed by atoms with Crippen molar-refractivity contribution in [3.8, 4) is 9.88 Å². The van der Waals surface area contributed by atoms with E-state index in [0.717, 1.165) is 28.5 Å². The molecule has 1 aromatic carbocycles. The number of para-hydroxylation sites is 1. The zero-order chi connectivity index (χ0) is 17.9. The van der Waals surface area contributed by atoms with Crippen LogP contribution in [0.3, 0.4) is 0 Å². The van der Waals surface area contributed by atoms with Crippen LogP contribution in [0.4, 0.5) is 0 Å². The molecule has 4 nitrogen and oxygen atoms in total. The normalized spacial score (nSPS) is 11.1. The number of thiazole rings is 1. The van der Waals surface area contributed by atoms with Crippen molar-refractivity contribution in [3.63, 3.8) is 0 Å². The minimum Gasteiger partial charge on any atom is -0.351 e. The van der Waals surface area contributed by atoms with Gasteiger partial charge in [0.05, 0.1) is 10.6 Å². The topological polar surface area (TPSA) is 46.9 Å². The van der Waals surface area contributed by atoms with Crippen molar-refractivity contribution in [2.75, 3.05) is 6.54 Å². The molecule has 0 fully saturated rings. The number of fused-ring (bicyclic) bond motifs is 1. The maximum atomic E-state index is 12.5. The molecule has 0 aliphatic heterocycles. The summed E-state index contributed by atoms with van der Waals surface area (Å²) in [4.78, 5) is 18.8. The van der Waals surface area contributed by atoms with Gasteiger partial charge in [-0.15, -0.1) is 22.7 Å². The fourth-order valence-corrected chi connectivity index (χ4v) is 4.76. The van der Waals surface area contributed by atoms with Gasteiger partial charge in [-0.3, -0.25) is 4.79 Å². The van der Waals surface area contributed by atoms with Crippen molar-refractivity contribution in [3.05, 3.63) is 64.6 Å². The Labute approximate surface area is 160 Å². The number of carbonyl (C=O) groups excluding carboxylic acids is 1. The third-order valence-corrected chi connectivity index (χ3v) is 6.47. The first kappa shape index (κ1) is 17.0. The molecule has 0 aliphatic rings. The van der Waals surface area contributed by atoms with Crippen molar-refractivity contribution in [1.82, 2.24) is 14.9 Å². The summed E-state index contributed by atoms with van der Waals surface area (Å²) in [5, 5.41) is 7.22. The molecule has 0 aliphatic carbocycles. The van der Waals surface area contributed by atoms with Gasteiger partial charge in [-0.2, -0.15) is 0 Å². The smallest absolute Gasteiger partial charge is 0.263 e. The summed E-state index contributed by atoms with van der Waals surface area (Å²) in [6.45, 7) is 3.43. The summed E-state index contributed by atoms with van der Waals surface area (Å²) in [6.07, 6.45) is 2.99. The molecule has 0 bridgehead atoms. The van der Waals surface area contributed by atoms with Gasteiger partial charge < -0.3 is 9.88 Å². The van der Waals surface area contributed by atoms with Crippen molar-refractivity contribution in [2.24, 2.45) is 0 Å². The quantitative estimate of drug-likeness (QED) is 0.480. The van der Waals surface area contributed by atoms with E-state index in [1.165, 1.54) is 22.2 Å². The second kappa shape index (κ2) is 7.43. The van der Waals surface area contributed by atoms with Gasteiger partial charge in [0, 0.05) is 24.8 Å². The number of rotatable bonds is 6. The van der Waals surface area contributed by atoms with Crippen LogP contribution in [0.25, 0.3) is 20.8 Å². The summed E-state index contributed by atoms with van der Waals surface area (Å²) >= 11 is 3.11. The van der Waals surface area contributed by atoms with Crippen molar-refractivity contribution in [1.29, 1.82) is 0 Å². The van der Waals surface area contributed by atoms with E-state index in [4.69, 9.17) is 0 Å². The lowest BCUT2D eigenvalue weighted by molar-refractivity contribution is 0.0956. The van der Waals surface area contributed by atoms with Gasteiger partial charge in [-0.05, 0) is 42.3 Å². The Morgan fingerprint density at radius 1 is 1.19 bits per heavy atom. The highest BCUT2D eigenvalue weighted by Gasteiger charge is 2.16. The summed E-state index contributed by atoms with van der Waals surface area (Å²) in [5.41, 5.74) is 2.03. The number of nitrogens with zero attached hydrogens (tertiary/aromatic N) is 2. The van der Waals surface area contributed by atoms with Gasteiger partial charge in [0.25, 0.3) is 5.91 Å².